The van der Waals surface area contributed by atoms with Crippen molar-refractivity contribution in [2.24, 2.45) is 0 Å². The Bertz CT molecular complexity index is 2030. The first-order chi connectivity index (χ1) is 34.7. The average molecular weight is 996 g/mol. The van der Waals surface area contributed by atoms with Gasteiger partial charge in [-0.3, -0.25) is 0 Å². The molecule has 8 aromatic heterocycles. The van der Waals surface area contributed by atoms with Crippen LogP contribution in [-0.4, -0.2) is 107 Å². The minimum atomic E-state index is 0.0793. The maximum atomic E-state index is 4.07. The van der Waals surface area contributed by atoms with Gasteiger partial charge in [0.25, 0.3) is 0 Å². The summed E-state index contributed by atoms with van der Waals surface area (Å²) in [6.07, 6.45) is 23.2. The molecule has 21 heteroatoms. The maximum absolute atomic E-state index is 4.07. The van der Waals surface area contributed by atoms with Crippen molar-refractivity contribution >= 4 is 0 Å². The maximum Gasteiger partial charge on any atom is 0.153 e. The standard InChI is InChI=1S/C7H11N3.3C7H10N2.4C6H9N3/c1-7(2,3)6-4-5-8-10-9-6;1-6(2)7-3-4-8-5-9-7;1-6(2)7-3-4-8-9-5-7;1-6(2)7-4-3-5-8-9-7;1-5(2)6-3-8-9-4-7-6;1-5(2)6-3-7-4-8-9-6;1-5(2)6-3-7-9-8-4-6;1-5(2)6-7-3-4-8-9-6/h4-5H,1-3H3;3*3-6H,1-2H3;4*3-5H,1-2H3. The average Bonchev–Trinajstić information content (AvgIpc) is 3.41. The van der Waals surface area contributed by atoms with Crippen molar-refractivity contribution in [3.63, 3.8) is 0 Å². The van der Waals surface area contributed by atoms with E-state index in [0.29, 0.717) is 41.4 Å². The smallest absolute Gasteiger partial charge is 0.153 e. The van der Waals surface area contributed by atoms with E-state index >= 15 is 0 Å². The van der Waals surface area contributed by atoms with Crippen LogP contribution in [-0.2, 0) is 5.41 Å². The van der Waals surface area contributed by atoms with E-state index in [2.05, 4.69) is 211 Å². The normalized spacial score (nSPS) is 10.3. The van der Waals surface area contributed by atoms with Crippen LogP contribution in [0.4, 0.5) is 0 Å². The highest BCUT2D eigenvalue weighted by Crippen LogP contribution is 2.17. The molecule has 0 spiro atoms. The summed E-state index contributed by atoms with van der Waals surface area (Å²) in [5.41, 5.74) is 7.51. The Morgan fingerprint density at radius 2 is 0.932 bits per heavy atom. The summed E-state index contributed by atoms with van der Waals surface area (Å²) in [6, 6.07) is 9.69. The topological polar surface area (TPSA) is 271 Å². The molecule has 0 saturated heterocycles. The second-order valence-electron chi connectivity index (χ2n) is 18.9. The van der Waals surface area contributed by atoms with E-state index in [1.54, 1.807) is 74.5 Å². The molecule has 0 aromatic carbocycles. The zero-order valence-corrected chi connectivity index (χ0v) is 45.9. The highest BCUT2D eigenvalue weighted by atomic mass is 15.3. The van der Waals surface area contributed by atoms with Gasteiger partial charge in [0.05, 0.1) is 66.2 Å². The lowest BCUT2D eigenvalue weighted by atomic mass is 9.92. The second-order valence-corrected chi connectivity index (χ2v) is 18.9. The Morgan fingerprint density at radius 3 is 1.26 bits per heavy atom. The molecule has 0 N–H and O–H groups in total. The lowest BCUT2D eigenvalue weighted by Gasteiger charge is -2.14. The van der Waals surface area contributed by atoms with Crippen LogP contribution in [0.5, 0.6) is 0 Å². The third-order valence-electron chi connectivity index (χ3n) is 9.32. The minimum Gasteiger partial charge on any atom is -0.245 e. The molecule has 0 aliphatic carbocycles. The summed E-state index contributed by atoms with van der Waals surface area (Å²) in [5, 5.41) is 59.2. The minimum absolute atomic E-state index is 0.0793. The number of hydrogen-bond donors (Lipinski definition) is 0. The van der Waals surface area contributed by atoms with Gasteiger partial charge in [0.1, 0.15) is 19.0 Å². The first kappa shape index (κ1) is 63.3. The molecule has 8 aromatic rings. The fourth-order valence-corrected chi connectivity index (χ4v) is 4.68. The molecule has 0 amide bonds. The van der Waals surface area contributed by atoms with E-state index in [9.17, 15) is 0 Å². The van der Waals surface area contributed by atoms with Gasteiger partial charge < -0.3 is 0 Å². The first-order valence-electron chi connectivity index (χ1n) is 24.2. The third kappa shape index (κ3) is 30.6. The molecule has 0 atom stereocenters. The zero-order valence-electron chi connectivity index (χ0n) is 45.9. The fraction of sp³-hybridized carbons (Fsp3) is 0.481. The van der Waals surface area contributed by atoms with Gasteiger partial charge in [-0.15, -0.1) is 35.7 Å². The van der Waals surface area contributed by atoms with E-state index in [1.807, 2.05) is 44.2 Å². The number of hydrogen-bond acceptors (Lipinski definition) is 21. The molecule has 0 fully saturated rings. The molecular formula is C52H77N21. The summed E-state index contributed by atoms with van der Waals surface area (Å²) in [5.74, 6) is 4.09. The van der Waals surface area contributed by atoms with Crippen molar-refractivity contribution in [3.05, 3.63) is 163 Å². The van der Waals surface area contributed by atoms with Gasteiger partial charge in [-0.25, -0.2) is 24.9 Å². The molecule has 0 bridgehead atoms. The lowest BCUT2D eigenvalue weighted by Crippen LogP contribution is -2.14. The first-order valence-corrected chi connectivity index (χ1v) is 24.2. The van der Waals surface area contributed by atoms with Gasteiger partial charge in [0.15, 0.2) is 5.82 Å². The van der Waals surface area contributed by atoms with Crippen molar-refractivity contribution in [1.82, 2.24) is 107 Å². The van der Waals surface area contributed by atoms with E-state index in [1.165, 1.54) is 18.2 Å². The van der Waals surface area contributed by atoms with Crippen LogP contribution in [0.3, 0.4) is 0 Å². The zero-order chi connectivity index (χ0) is 54.4. The predicted octanol–water partition coefficient (Wildman–Crippen LogP) is 9.95. The quantitative estimate of drug-likeness (QED) is 0.144. The lowest BCUT2D eigenvalue weighted by molar-refractivity contribution is 0.550. The monoisotopic (exact) mass is 996 g/mol. The molecule has 73 heavy (non-hydrogen) atoms. The molecule has 8 rings (SSSR count). The van der Waals surface area contributed by atoms with Crippen LogP contribution in [0.15, 0.2) is 117 Å². The molecule has 0 aliphatic rings. The van der Waals surface area contributed by atoms with Gasteiger partial charge in [-0.1, -0.05) is 118 Å². The van der Waals surface area contributed by atoms with Gasteiger partial charge in [0, 0.05) is 41.8 Å². The summed E-state index contributed by atoms with van der Waals surface area (Å²) in [6.45, 7) is 35.5. The number of rotatable bonds is 7. The van der Waals surface area contributed by atoms with Crippen molar-refractivity contribution in [2.75, 3.05) is 0 Å². The highest BCUT2D eigenvalue weighted by Gasteiger charge is 2.14. The Balaban J connectivity index is 0.000000417. The van der Waals surface area contributed by atoms with Gasteiger partial charge in [-0.05, 0) is 87.4 Å². The second kappa shape index (κ2) is 37.1. The molecule has 21 nitrogen and oxygen atoms in total. The number of aromatic nitrogens is 21. The van der Waals surface area contributed by atoms with Crippen LogP contribution in [0.1, 0.15) is 205 Å². The van der Waals surface area contributed by atoms with Gasteiger partial charge >= 0.3 is 0 Å². The van der Waals surface area contributed by atoms with Gasteiger partial charge in [0.2, 0.25) is 0 Å². The number of nitrogens with zero attached hydrogens (tertiary/aromatic N) is 21. The Hall–Kier alpha value is -7.71. The highest BCUT2D eigenvalue weighted by molar-refractivity contribution is 5.10. The Morgan fingerprint density at radius 1 is 0.329 bits per heavy atom. The van der Waals surface area contributed by atoms with E-state index in [4.69, 9.17) is 0 Å². The summed E-state index contributed by atoms with van der Waals surface area (Å²) in [4.78, 5) is 19.7. The van der Waals surface area contributed by atoms with E-state index in [-0.39, 0.29) is 5.41 Å². The molecule has 0 saturated carbocycles. The molecule has 0 aliphatic heterocycles. The molecular weight excluding hydrogens is 919 g/mol. The molecule has 390 valence electrons. The summed E-state index contributed by atoms with van der Waals surface area (Å²) < 4.78 is 0. The van der Waals surface area contributed by atoms with Crippen molar-refractivity contribution < 1.29 is 0 Å². The van der Waals surface area contributed by atoms with Crippen LogP contribution >= 0.6 is 0 Å². The van der Waals surface area contributed by atoms with Crippen molar-refractivity contribution in [1.29, 1.82) is 0 Å². The van der Waals surface area contributed by atoms with Crippen molar-refractivity contribution in [3.8, 4) is 0 Å². The Labute approximate surface area is 432 Å². The van der Waals surface area contributed by atoms with Gasteiger partial charge in [-0.2, -0.15) is 35.7 Å². The van der Waals surface area contributed by atoms with Crippen LogP contribution < -0.4 is 0 Å². The summed E-state index contributed by atoms with van der Waals surface area (Å²) >= 11 is 0. The van der Waals surface area contributed by atoms with Crippen LogP contribution in [0, 0.1) is 0 Å². The van der Waals surface area contributed by atoms with Crippen LogP contribution in [0.25, 0.3) is 0 Å². The van der Waals surface area contributed by atoms with E-state index < -0.39 is 0 Å². The van der Waals surface area contributed by atoms with Crippen molar-refractivity contribution in [2.45, 2.75) is 165 Å². The molecule has 0 unspecified atom stereocenters. The third-order valence-corrected chi connectivity index (χ3v) is 9.32. The summed E-state index contributed by atoms with van der Waals surface area (Å²) in [7, 11) is 0. The predicted molar refractivity (Wildman–Crippen MR) is 283 cm³/mol. The van der Waals surface area contributed by atoms with Crippen LogP contribution in [0.2, 0.25) is 0 Å². The molecule has 8 heterocycles. The van der Waals surface area contributed by atoms with E-state index in [0.717, 1.165) is 39.9 Å². The largest absolute Gasteiger partial charge is 0.245 e. The SMILES string of the molecule is CC(C)(C)c1ccnnn1.CC(C)c1cccnn1.CC(C)c1ccncn1.CC(C)c1ccnnc1.CC(C)c1cncnn1.CC(C)c1cnncn1.CC(C)c1cnnnc1.CC(C)c1nccnn1. The Kier molecular flexibility index (Phi) is 32.2. The fourth-order valence-electron chi connectivity index (χ4n) is 4.68. The molecule has 0 radical (unpaired) electrons.